The number of amides is 2. The summed E-state index contributed by atoms with van der Waals surface area (Å²) in [7, 11) is 0. The van der Waals surface area contributed by atoms with Crippen LogP contribution in [0.3, 0.4) is 0 Å². The molecule has 1 heterocycles. The molecule has 35 heavy (non-hydrogen) atoms. The number of carbonyl (C=O) groups excluding carboxylic acids is 2. The smallest absolute Gasteiger partial charge is 0.293 e. The highest BCUT2D eigenvalue weighted by Crippen LogP contribution is 2.33. The van der Waals surface area contributed by atoms with Gasteiger partial charge in [0.15, 0.2) is 0 Å². The van der Waals surface area contributed by atoms with Gasteiger partial charge in [0.25, 0.3) is 11.1 Å². The van der Waals surface area contributed by atoms with Crippen molar-refractivity contribution in [3.05, 3.63) is 113 Å². The van der Waals surface area contributed by atoms with E-state index >= 15 is 0 Å². The van der Waals surface area contributed by atoms with Crippen molar-refractivity contribution in [2.24, 2.45) is 0 Å². The molecule has 1 aliphatic heterocycles. The minimum atomic E-state index is -0.308. The fraction of sp³-hybridized carbons (Fsp3) is 0.103. The third-order valence-corrected chi connectivity index (χ3v) is 6.51. The van der Waals surface area contributed by atoms with Gasteiger partial charge in [0.1, 0.15) is 24.7 Å². The normalized spacial score (nSPS) is 14.6. The van der Waals surface area contributed by atoms with Gasteiger partial charge in [-0.1, -0.05) is 78.9 Å². The number of carbonyl (C=O) groups is 2. The molecule has 0 saturated carbocycles. The second kappa shape index (κ2) is 10.5. The van der Waals surface area contributed by atoms with Crippen LogP contribution in [0.15, 0.2) is 102 Å². The molecule has 0 bridgehead atoms. The first-order chi connectivity index (χ1) is 17.2. The quantitative estimate of drug-likeness (QED) is 0.268. The summed E-state index contributed by atoms with van der Waals surface area (Å²) >= 11 is 0.944. The van der Waals surface area contributed by atoms with Crippen LogP contribution in [0.1, 0.15) is 11.1 Å². The van der Waals surface area contributed by atoms with E-state index in [4.69, 9.17) is 9.47 Å². The number of benzene rings is 4. The van der Waals surface area contributed by atoms with E-state index in [9.17, 15) is 9.59 Å². The van der Waals surface area contributed by atoms with Crippen LogP contribution in [0.2, 0.25) is 0 Å². The summed E-state index contributed by atoms with van der Waals surface area (Å²) in [6, 6.07) is 31.2. The van der Waals surface area contributed by atoms with Crippen LogP contribution in [0, 0.1) is 0 Å². The Morgan fingerprint density at radius 2 is 1.57 bits per heavy atom. The van der Waals surface area contributed by atoms with Crippen LogP contribution in [0.4, 0.5) is 4.79 Å². The second-order valence-electron chi connectivity index (χ2n) is 8.01. The van der Waals surface area contributed by atoms with Crippen molar-refractivity contribution in [1.29, 1.82) is 0 Å². The highest BCUT2D eigenvalue weighted by Gasteiger charge is 2.34. The summed E-state index contributed by atoms with van der Waals surface area (Å²) in [5.74, 6) is 1.13. The minimum absolute atomic E-state index is 0.186. The lowest BCUT2D eigenvalue weighted by Crippen LogP contribution is -2.32. The van der Waals surface area contributed by atoms with Crippen molar-refractivity contribution >= 4 is 39.8 Å². The predicted octanol–water partition coefficient (Wildman–Crippen LogP) is 6.53. The maximum absolute atomic E-state index is 12.9. The number of rotatable bonds is 8. The molecule has 5 nitrogen and oxygen atoms in total. The highest BCUT2D eigenvalue weighted by molar-refractivity contribution is 8.18. The molecule has 2 amide bonds. The molecule has 0 radical (unpaired) electrons. The Kier molecular flexibility index (Phi) is 6.82. The molecule has 0 spiro atoms. The Morgan fingerprint density at radius 3 is 2.46 bits per heavy atom. The third kappa shape index (κ3) is 5.39. The number of nitrogens with zero attached hydrogens (tertiary/aromatic N) is 1. The summed E-state index contributed by atoms with van der Waals surface area (Å²) in [5.41, 5.74) is 1.87. The van der Waals surface area contributed by atoms with E-state index < -0.39 is 0 Å². The van der Waals surface area contributed by atoms with Gasteiger partial charge in [-0.15, -0.1) is 0 Å². The van der Waals surface area contributed by atoms with Gasteiger partial charge in [0.05, 0.1) is 11.4 Å². The van der Waals surface area contributed by atoms with Crippen molar-refractivity contribution in [2.75, 3.05) is 13.2 Å². The van der Waals surface area contributed by atoms with Crippen molar-refractivity contribution in [3.63, 3.8) is 0 Å². The lowest BCUT2D eigenvalue weighted by molar-refractivity contribution is -0.123. The molecule has 5 rings (SSSR count). The average Bonchev–Trinajstić information content (AvgIpc) is 3.16. The monoisotopic (exact) mass is 481 g/mol. The van der Waals surface area contributed by atoms with Crippen LogP contribution in [-0.2, 0) is 11.4 Å². The molecule has 6 heteroatoms. The van der Waals surface area contributed by atoms with E-state index in [0.29, 0.717) is 17.3 Å². The zero-order valence-corrected chi connectivity index (χ0v) is 19.7. The number of imide groups is 1. The summed E-state index contributed by atoms with van der Waals surface area (Å²) in [6.07, 6.45) is 1.73. The van der Waals surface area contributed by atoms with E-state index in [1.807, 2.05) is 97.1 Å². The van der Waals surface area contributed by atoms with Gasteiger partial charge in [-0.05, 0) is 52.6 Å². The fourth-order valence-electron chi connectivity index (χ4n) is 3.85. The Bertz CT molecular complexity index is 1390. The van der Waals surface area contributed by atoms with Gasteiger partial charge < -0.3 is 9.47 Å². The molecule has 4 aromatic rings. The van der Waals surface area contributed by atoms with Crippen molar-refractivity contribution in [2.45, 2.75) is 6.61 Å². The zero-order valence-electron chi connectivity index (χ0n) is 18.9. The van der Waals surface area contributed by atoms with Gasteiger partial charge in [0, 0.05) is 5.39 Å². The van der Waals surface area contributed by atoms with Gasteiger partial charge in [0.2, 0.25) is 0 Å². The summed E-state index contributed by atoms with van der Waals surface area (Å²) in [4.78, 5) is 27.0. The second-order valence-corrected chi connectivity index (χ2v) is 9.00. The van der Waals surface area contributed by atoms with Crippen LogP contribution in [-0.4, -0.2) is 29.2 Å². The molecule has 1 saturated heterocycles. The molecule has 0 aliphatic carbocycles. The third-order valence-electron chi connectivity index (χ3n) is 5.60. The van der Waals surface area contributed by atoms with Crippen molar-refractivity contribution < 1.29 is 19.1 Å². The molecular weight excluding hydrogens is 458 g/mol. The molecule has 0 N–H and O–H groups in total. The number of hydrogen-bond acceptors (Lipinski definition) is 5. The Balaban J connectivity index is 1.22. The first kappa shape index (κ1) is 22.7. The van der Waals surface area contributed by atoms with Crippen LogP contribution in [0.25, 0.3) is 16.8 Å². The maximum Gasteiger partial charge on any atom is 0.293 e. The molecule has 1 fully saturated rings. The molecule has 0 atom stereocenters. The van der Waals surface area contributed by atoms with Crippen LogP contribution >= 0.6 is 11.8 Å². The van der Waals surface area contributed by atoms with Gasteiger partial charge >= 0.3 is 0 Å². The number of ether oxygens (including phenoxy) is 2. The average molecular weight is 482 g/mol. The predicted molar refractivity (Wildman–Crippen MR) is 139 cm³/mol. The summed E-state index contributed by atoms with van der Waals surface area (Å²) in [5, 5.41) is 1.78. The number of hydrogen-bond donors (Lipinski definition) is 0. The molecular formula is C29H23NO4S. The van der Waals surface area contributed by atoms with Gasteiger partial charge in [-0.25, -0.2) is 0 Å². The molecule has 4 aromatic carbocycles. The van der Waals surface area contributed by atoms with Crippen LogP contribution in [0.5, 0.6) is 11.5 Å². The van der Waals surface area contributed by atoms with E-state index in [1.165, 1.54) is 4.90 Å². The largest absolute Gasteiger partial charge is 0.491 e. The van der Waals surface area contributed by atoms with Crippen LogP contribution < -0.4 is 9.47 Å². The highest BCUT2D eigenvalue weighted by atomic mass is 32.2. The standard InChI is InChI=1S/C29H23NO4S/c31-28-27(19-22-10-6-13-24(18-22)34-20-21-8-2-1-3-9-21)35-29(32)30(28)16-17-33-26-15-7-12-23-11-4-5-14-25(23)26/h1-15,18-19H,16-17,20H2/b27-19-. The first-order valence-corrected chi connectivity index (χ1v) is 12.1. The Hall–Kier alpha value is -4.03. The maximum atomic E-state index is 12.9. The fourth-order valence-corrected chi connectivity index (χ4v) is 4.71. The van der Waals surface area contributed by atoms with Gasteiger partial charge in [-0.3, -0.25) is 14.5 Å². The molecule has 0 unspecified atom stereocenters. The summed E-state index contributed by atoms with van der Waals surface area (Å²) < 4.78 is 11.8. The summed E-state index contributed by atoms with van der Waals surface area (Å²) in [6.45, 7) is 0.866. The lowest BCUT2D eigenvalue weighted by atomic mass is 10.1. The van der Waals surface area contributed by atoms with Crippen molar-refractivity contribution in [1.82, 2.24) is 4.90 Å². The topological polar surface area (TPSA) is 55.8 Å². The zero-order chi connectivity index (χ0) is 24.0. The molecule has 0 aromatic heterocycles. The molecule has 174 valence electrons. The van der Waals surface area contributed by atoms with E-state index in [2.05, 4.69) is 0 Å². The number of fused-ring (bicyclic) bond motifs is 1. The van der Waals surface area contributed by atoms with Gasteiger partial charge in [-0.2, -0.15) is 0 Å². The Morgan fingerprint density at radius 1 is 0.800 bits per heavy atom. The van der Waals surface area contributed by atoms with Crippen molar-refractivity contribution in [3.8, 4) is 11.5 Å². The van der Waals surface area contributed by atoms with E-state index in [1.54, 1.807) is 6.08 Å². The SMILES string of the molecule is O=C1S/C(=C\c2cccc(OCc3ccccc3)c2)C(=O)N1CCOc1cccc2ccccc12. The first-order valence-electron chi connectivity index (χ1n) is 11.3. The van der Waals surface area contributed by atoms with E-state index in [0.717, 1.165) is 39.4 Å². The minimum Gasteiger partial charge on any atom is -0.491 e. The molecule has 1 aliphatic rings. The van der Waals surface area contributed by atoms with E-state index in [-0.39, 0.29) is 24.3 Å². The Labute approximate surface area is 208 Å². The number of thioether (sulfide) groups is 1. The lowest BCUT2D eigenvalue weighted by Gasteiger charge is -2.14.